The van der Waals surface area contributed by atoms with Crippen LogP contribution in [0.4, 0.5) is 4.39 Å². The fraction of sp³-hybridized carbons (Fsp3) is 0.368. The quantitative estimate of drug-likeness (QED) is 0.869. The van der Waals surface area contributed by atoms with Crippen molar-refractivity contribution in [2.75, 3.05) is 13.1 Å². The molecule has 1 amide bonds. The van der Waals surface area contributed by atoms with Crippen molar-refractivity contribution in [1.29, 1.82) is 0 Å². The summed E-state index contributed by atoms with van der Waals surface area (Å²) in [5.41, 5.74) is 2.23. The van der Waals surface area contributed by atoms with E-state index < -0.39 is 6.17 Å². The Morgan fingerprint density at radius 2 is 1.96 bits per heavy atom. The molecule has 0 bridgehead atoms. The first-order valence-corrected chi connectivity index (χ1v) is 8.14. The standard InChI is InChI=1S/C19H21FN2O2/c1-12(2)14-5-4-6-16(9-14)22-8-7-13(3)17(19(22)24)18(23)21-10-15(20)11-21/h4-9,12,15H,10-11H2,1-3H3. The van der Waals surface area contributed by atoms with E-state index in [4.69, 9.17) is 0 Å². The van der Waals surface area contributed by atoms with E-state index in [0.29, 0.717) is 11.5 Å². The Hall–Kier alpha value is -2.43. The maximum atomic E-state index is 13.0. The molecule has 3 rings (SSSR count). The predicted molar refractivity (Wildman–Crippen MR) is 91.7 cm³/mol. The lowest BCUT2D eigenvalue weighted by molar-refractivity contribution is 0.0397. The smallest absolute Gasteiger partial charge is 0.268 e. The van der Waals surface area contributed by atoms with Crippen molar-refractivity contribution in [2.45, 2.75) is 32.9 Å². The molecule has 24 heavy (non-hydrogen) atoms. The van der Waals surface area contributed by atoms with Crippen LogP contribution in [-0.4, -0.2) is 34.6 Å². The van der Waals surface area contributed by atoms with Crippen molar-refractivity contribution in [1.82, 2.24) is 9.47 Å². The number of hydrogen-bond donors (Lipinski definition) is 0. The van der Waals surface area contributed by atoms with E-state index in [1.54, 1.807) is 19.2 Å². The van der Waals surface area contributed by atoms with Gasteiger partial charge in [0.15, 0.2) is 0 Å². The van der Waals surface area contributed by atoms with Gasteiger partial charge in [0.25, 0.3) is 11.5 Å². The number of nitrogens with zero attached hydrogens (tertiary/aromatic N) is 2. The van der Waals surface area contributed by atoms with Gasteiger partial charge in [-0.3, -0.25) is 14.2 Å². The molecule has 0 saturated carbocycles. The molecule has 1 aromatic heterocycles. The minimum absolute atomic E-state index is 0.0649. The minimum Gasteiger partial charge on any atom is -0.332 e. The molecule has 0 radical (unpaired) electrons. The number of hydrogen-bond acceptors (Lipinski definition) is 2. The molecule has 126 valence electrons. The molecule has 2 heterocycles. The first-order chi connectivity index (χ1) is 11.4. The number of halogens is 1. The average molecular weight is 328 g/mol. The van der Waals surface area contributed by atoms with E-state index in [0.717, 1.165) is 11.3 Å². The first-order valence-electron chi connectivity index (χ1n) is 8.14. The SMILES string of the molecule is Cc1ccn(-c2cccc(C(C)C)c2)c(=O)c1C(=O)N1CC(F)C1. The molecular formula is C19H21FN2O2. The molecule has 0 unspecified atom stereocenters. The van der Waals surface area contributed by atoms with Gasteiger partial charge in [-0.2, -0.15) is 0 Å². The van der Waals surface area contributed by atoms with Crippen molar-refractivity contribution in [3.05, 3.63) is 63.6 Å². The summed E-state index contributed by atoms with van der Waals surface area (Å²) < 4.78 is 14.5. The normalized spacial score (nSPS) is 14.8. The largest absolute Gasteiger partial charge is 0.332 e. The number of aryl methyl sites for hydroxylation is 1. The monoisotopic (exact) mass is 328 g/mol. The molecule has 1 fully saturated rings. The van der Waals surface area contributed by atoms with Gasteiger partial charge in [0.2, 0.25) is 0 Å². The molecular weight excluding hydrogens is 307 g/mol. The summed E-state index contributed by atoms with van der Waals surface area (Å²) in [6.07, 6.45) is 0.699. The van der Waals surface area contributed by atoms with Crippen molar-refractivity contribution >= 4 is 5.91 Å². The van der Waals surface area contributed by atoms with Gasteiger partial charge < -0.3 is 4.90 Å². The molecule has 5 heteroatoms. The minimum atomic E-state index is -0.983. The van der Waals surface area contributed by atoms with E-state index in [-0.39, 0.29) is 30.1 Å². The van der Waals surface area contributed by atoms with Crippen LogP contribution in [0.15, 0.2) is 41.3 Å². The highest BCUT2D eigenvalue weighted by molar-refractivity contribution is 5.95. The van der Waals surface area contributed by atoms with Gasteiger partial charge in [0.1, 0.15) is 11.7 Å². The fourth-order valence-corrected chi connectivity index (χ4v) is 2.87. The molecule has 0 aliphatic carbocycles. The summed E-state index contributed by atoms with van der Waals surface area (Å²) in [7, 11) is 0. The van der Waals surface area contributed by atoms with Crippen LogP contribution in [0.1, 0.15) is 41.3 Å². The van der Waals surface area contributed by atoms with E-state index >= 15 is 0 Å². The van der Waals surface area contributed by atoms with Crippen LogP contribution in [0, 0.1) is 6.92 Å². The van der Waals surface area contributed by atoms with Crippen molar-refractivity contribution in [2.24, 2.45) is 0 Å². The van der Waals surface area contributed by atoms with E-state index in [9.17, 15) is 14.0 Å². The van der Waals surface area contributed by atoms with Crippen LogP contribution < -0.4 is 5.56 Å². The maximum absolute atomic E-state index is 13.0. The molecule has 1 saturated heterocycles. The van der Waals surface area contributed by atoms with Crippen LogP contribution in [0.25, 0.3) is 5.69 Å². The second-order valence-corrected chi connectivity index (χ2v) is 6.61. The second kappa shape index (κ2) is 6.23. The summed E-state index contributed by atoms with van der Waals surface area (Å²) >= 11 is 0. The summed E-state index contributed by atoms with van der Waals surface area (Å²) in [5.74, 6) is -0.0458. The topological polar surface area (TPSA) is 42.3 Å². The Kier molecular flexibility index (Phi) is 4.26. The van der Waals surface area contributed by atoms with Gasteiger partial charge in [-0.25, -0.2) is 4.39 Å². The Morgan fingerprint density at radius 3 is 2.58 bits per heavy atom. The van der Waals surface area contributed by atoms with Crippen LogP contribution in [0.2, 0.25) is 0 Å². The van der Waals surface area contributed by atoms with Gasteiger partial charge in [0, 0.05) is 11.9 Å². The number of amides is 1. The third-order valence-electron chi connectivity index (χ3n) is 4.45. The van der Waals surface area contributed by atoms with Crippen molar-refractivity contribution in [3.8, 4) is 5.69 Å². The molecule has 0 N–H and O–H groups in total. The highest BCUT2D eigenvalue weighted by Crippen LogP contribution is 2.19. The number of carbonyl (C=O) groups excluding carboxylic acids is 1. The molecule has 1 aromatic carbocycles. The highest BCUT2D eigenvalue weighted by Gasteiger charge is 2.33. The zero-order valence-electron chi connectivity index (χ0n) is 14.1. The van der Waals surface area contributed by atoms with Gasteiger partial charge in [-0.15, -0.1) is 0 Å². The number of benzene rings is 1. The molecule has 1 aliphatic heterocycles. The Bertz CT molecular complexity index is 836. The van der Waals surface area contributed by atoms with Crippen molar-refractivity contribution < 1.29 is 9.18 Å². The van der Waals surface area contributed by atoms with Crippen LogP contribution in [-0.2, 0) is 0 Å². The Balaban J connectivity index is 2.05. The number of likely N-dealkylation sites (tertiary alicyclic amines) is 1. The van der Waals surface area contributed by atoms with E-state index in [2.05, 4.69) is 13.8 Å². The number of aromatic nitrogens is 1. The van der Waals surface area contributed by atoms with Gasteiger partial charge in [-0.05, 0) is 42.2 Å². The number of pyridine rings is 1. The zero-order chi connectivity index (χ0) is 17.4. The van der Waals surface area contributed by atoms with Crippen molar-refractivity contribution in [3.63, 3.8) is 0 Å². The first kappa shape index (κ1) is 16.4. The Labute approximate surface area is 140 Å². The fourth-order valence-electron chi connectivity index (χ4n) is 2.87. The molecule has 0 atom stereocenters. The molecule has 1 aliphatic rings. The number of alkyl halides is 1. The van der Waals surface area contributed by atoms with Gasteiger partial charge in [-0.1, -0.05) is 26.0 Å². The van der Waals surface area contributed by atoms with Crippen LogP contribution >= 0.6 is 0 Å². The van der Waals surface area contributed by atoms with Gasteiger partial charge in [0.05, 0.1) is 13.1 Å². The lowest BCUT2D eigenvalue weighted by Crippen LogP contribution is -2.52. The summed E-state index contributed by atoms with van der Waals surface area (Å²) in [6, 6.07) is 9.47. The summed E-state index contributed by atoms with van der Waals surface area (Å²) in [6.45, 7) is 6.04. The third kappa shape index (κ3) is 2.86. The van der Waals surface area contributed by atoms with Crippen LogP contribution in [0.3, 0.4) is 0 Å². The predicted octanol–water partition coefficient (Wildman–Crippen LogP) is 3.06. The van der Waals surface area contributed by atoms with E-state index in [1.165, 1.54) is 9.47 Å². The second-order valence-electron chi connectivity index (χ2n) is 6.61. The van der Waals surface area contributed by atoms with Gasteiger partial charge >= 0.3 is 0 Å². The van der Waals surface area contributed by atoms with Crippen LogP contribution in [0.5, 0.6) is 0 Å². The number of carbonyl (C=O) groups is 1. The highest BCUT2D eigenvalue weighted by atomic mass is 19.1. The summed E-state index contributed by atoms with van der Waals surface area (Å²) in [5, 5.41) is 0. The third-order valence-corrected chi connectivity index (χ3v) is 4.45. The molecule has 0 spiro atoms. The Morgan fingerprint density at radius 1 is 1.25 bits per heavy atom. The molecule has 4 nitrogen and oxygen atoms in total. The average Bonchev–Trinajstić information content (AvgIpc) is 2.52. The zero-order valence-corrected chi connectivity index (χ0v) is 14.1. The van der Waals surface area contributed by atoms with E-state index in [1.807, 2.05) is 24.3 Å². The number of rotatable bonds is 3. The lowest BCUT2D eigenvalue weighted by Gasteiger charge is -2.34. The molecule has 2 aromatic rings. The lowest BCUT2D eigenvalue weighted by atomic mass is 10.0. The summed E-state index contributed by atoms with van der Waals surface area (Å²) in [4.78, 5) is 26.8. The maximum Gasteiger partial charge on any atom is 0.268 e.